The summed E-state index contributed by atoms with van der Waals surface area (Å²) >= 11 is 6.11. The first kappa shape index (κ1) is 15.8. The molecule has 0 bridgehead atoms. The third-order valence-electron chi connectivity index (χ3n) is 3.01. The lowest BCUT2D eigenvalue weighted by Crippen LogP contribution is -2.13. The summed E-state index contributed by atoms with van der Waals surface area (Å²) in [6, 6.07) is 11.9. The number of anilines is 1. The van der Waals surface area contributed by atoms with Gasteiger partial charge in [-0.3, -0.25) is 4.72 Å². The monoisotopic (exact) mass is 324 g/mol. The summed E-state index contributed by atoms with van der Waals surface area (Å²) in [6.07, 6.45) is 0. The van der Waals surface area contributed by atoms with Crippen LogP contribution in [0, 0.1) is 6.92 Å². The molecule has 0 fully saturated rings. The molecule has 2 aromatic carbocycles. The molecule has 4 nitrogen and oxygen atoms in total. The highest BCUT2D eigenvalue weighted by molar-refractivity contribution is 7.92. The maximum absolute atomic E-state index is 12.3. The lowest BCUT2D eigenvalue weighted by molar-refractivity contribution is 0.601. The fourth-order valence-corrected chi connectivity index (χ4v) is 3.26. The number of benzene rings is 2. The van der Waals surface area contributed by atoms with Crippen LogP contribution in [-0.4, -0.2) is 15.5 Å². The van der Waals surface area contributed by atoms with E-state index >= 15 is 0 Å². The molecule has 0 amide bonds. The Balaban J connectivity index is 2.27. The van der Waals surface area contributed by atoms with Crippen molar-refractivity contribution < 1.29 is 8.42 Å². The molecule has 0 radical (unpaired) electrons. The summed E-state index contributed by atoms with van der Waals surface area (Å²) in [5.74, 6) is 0. The minimum absolute atomic E-state index is 0.146. The van der Waals surface area contributed by atoms with Crippen LogP contribution < -0.4 is 10.0 Å². The zero-order chi connectivity index (χ0) is 15.5. The quantitative estimate of drug-likeness (QED) is 0.888. The summed E-state index contributed by atoms with van der Waals surface area (Å²) in [5, 5.41) is 3.41. The van der Waals surface area contributed by atoms with Crippen LogP contribution in [0.15, 0.2) is 47.4 Å². The van der Waals surface area contributed by atoms with Crippen LogP contribution in [0.4, 0.5) is 5.69 Å². The molecule has 0 saturated carbocycles. The van der Waals surface area contributed by atoms with Gasteiger partial charge in [-0.2, -0.15) is 0 Å². The topological polar surface area (TPSA) is 58.2 Å². The van der Waals surface area contributed by atoms with Crippen LogP contribution in [0.2, 0.25) is 5.02 Å². The highest BCUT2D eigenvalue weighted by atomic mass is 35.5. The molecular weight excluding hydrogens is 308 g/mol. The largest absolute Gasteiger partial charge is 0.316 e. The van der Waals surface area contributed by atoms with Crippen LogP contribution in [0.5, 0.6) is 0 Å². The molecule has 0 atom stereocenters. The average molecular weight is 325 g/mol. The molecule has 0 spiro atoms. The summed E-state index contributed by atoms with van der Waals surface area (Å²) in [7, 11) is -1.83. The molecule has 0 heterocycles. The number of sulfonamides is 1. The van der Waals surface area contributed by atoms with E-state index in [0.29, 0.717) is 17.3 Å². The number of aryl methyl sites for hydroxylation is 1. The van der Waals surface area contributed by atoms with Gasteiger partial charge in [-0.05, 0) is 43.8 Å². The Morgan fingerprint density at radius 1 is 1.10 bits per heavy atom. The van der Waals surface area contributed by atoms with Gasteiger partial charge in [0, 0.05) is 17.3 Å². The highest BCUT2D eigenvalue weighted by Gasteiger charge is 2.15. The predicted octanol–water partition coefficient (Wildman–Crippen LogP) is 3.17. The lowest BCUT2D eigenvalue weighted by Gasteiger charge is -2.10. The van der Waals surface area contributed by atoms with Crippen LogP contribution >= 0.6 is 11.6 Å². The van der Waals surface area contributed by atoms with E-state index in [1.54, 1.807) is 31.3 Å². The van der Waals surface area contributed by atoms with Crippen molar-refractivity contribution in [2.24, 2.45) is 0 Å². The maximum Gasteiger partial charge on any atom is 0.261 e. The Bertz CT molecular complexity index is 728. The second kappa shape index (κ2) is 6.47. The SMILES string of the molecule is CNCc1ccc(S(=O)(=O)Nc2ccc(C)cc2)cc1Cl. The van der Waals surface area contributed by atoms with E-state index in [1.165, 1.54) is 6.07 Å². The number of halogens is 1. The van der Waals surface area contributed by atoms with Gasteiger partial charge in [0.1, 0.15) is 0 Å². The minimum Gasteiger partial charge on any atom is -0.316 e. The van der Waals surface area contributed by atoms with E-state index in [9.17, 15) is 8.42 Å². The summed E-state index contributed by atoms with van der Waals surface area (Å²) in [6.45, 7) is 2.53. The van der Waals surface area contributed by atoms with Gasteiger partial charge < -0.3 is 5.32 Å². The summed E-state index contributed by atoms with van der Waals surface area (Å²) < 4.78 is 27.2. The van der Waals surface area contributed by atoms with Crippen molar-refractivity contribution in [2.75, 3.05) is 11.8 Å². The van der Waals surface area contributed by atoms with E-state index in [2.05, 4.69) is 10.0 Å². The average Bonchev–Trinajstić information content (AvgIpc) is 2.43. The third-order valence-corrected chi connectivity index (χ3v) is 4.74. The molecular formula is C15H17ClN2O2S. The Kier molecular flexibility index (Phi) is 4.88. The van der Waals surface area contributed by atoms with E-state index in [1.807, 2.05) is 19.1 Å². The van der Waals surface area contributed by atoms with Gasteiger partial charge >= 0.3 is 0 Å². The van der Waals surface area contributed by atoms with E-state index < -0.39 is 10.0 Å². The van der Waals surface area contributed by atoms with Crippen molar-refractivity contribution in [3.8, 4) is 0 Å². The molecule has 6 heteroatoms. The van der Waals surface area contributed by atoms with Crippen molar-refractivity contribution >= 4 is 27.3 Å². The molecule has 2 N–H and O–H groups in total. The zero-order valence-electron chi connectivity index (χ0n) is 11.9. The molecule has 0 aliphatic rings. The fourth-order valence-electron chi connectivity index (χ4n) is 1.86. The van der Waals surface area contributed by atoms with Gasteiger partial charge in [0.2, 0.25) is 0 Å². The smallest absolute Gasteiger partial charge is 0.261 e. The second-order valence-corrected chi connectivity index (χ2v) is 6.84. The standard InChI is InChI=1S/C15H17ClN2O2S/c1-11-3-6-13(7-4-11)18-21(19,20)14-8-5-12(10-17-2)15(16)9-14/h3-9,17-18H,10H2,1-2H3. The van der Waals surface area contributed by atoms with Gasteiger partial charge in [0.05, 0.1) is 4.90 Å². The molecule has 0 unspecified atom stereocenters. The van der Waals surface area contributed by atoms with Crippen molar-refractivity contribution in [3.05, 3.63) is 58.6 Å². The number of rotatable bonds is 5. The molecule has 0 aliphatic heterocycles. The molecule has 2 rings (SSSR count). The second-order valence-electron chi connectivity index (χ2n) is 4.76. The molecule has 2 aromatic rings. The van der Waals surface area contributed by atoms with Crippen LogP contribution in [0.1, 0.15) is 11.1 Å². The van der Waals surface area contributed by atoms with Crippen LogP contribution in [0.3, 0.4) is 0 Å². The van der Waals surface area contributed by atoms with Gasteiger partial charge in [-0.25, -0.2) is 8.42 Å². The first-order valence-electron chi connectivity index (χ1n) is 6.45. The Labute approximate surface area is 130 Å². The highest BCUT2D eigenvalue weighted by Crippen LogP contribution is 2.23. The van der Waals surface area contributed by atoms with Crippen molar-refractivity contribution in [1.29, 1.82) is 0 Å². The lowest BCUT2D eigenvalue weighted by atomic mass is 10.2. The number of hydrogen-bond acceptors (Lipinski definition) is 3. The van der Waals surface area contributed by atoms with Gasteiger partial charge in [-0.1, -0.05) is 35.4 Å². The normalized spacial score (nSPS) is 11.4. The Hall–Kier alpha value is -1.56. The van der Waals surface area contributed by atoms with Crippen LogP contribution in [0.25, 0.3) is 0 Å². The fraction of sp³-hybridized carbons (Fsp3) is 0.200. The molecule has 21 heavy (non-hydrogen) atoms. The minimum atomic E-state index is -3.64. The number of hydrogen-bond donors (Lipinski definition) is 2. The number of nitrogens with one attached hydrogen (secondary N) is 2. The first-order valence-corrected chi connectivity index (χ1v) is 8.31. The van der Waals surface area contributed by atoms with E-state index in [4.69, 9.17) is 11.6 Å². The van der Waals surface area contributed by atoms with Gasteiger partial charge in [0.15, 0.2) is 0 Å². The zero-order valence-corrected chi connectivity index (χ0v) is 13.4. The van der Waals surface area contributed by atoms with E-state index in [-0.39, 0.29) is 4.90 Å². The molecule has 0 aliphatic carbocycles. The van der Waals surface area contributed by atoms with Crippen molar-refractivity contribution in [1.82, 2.24) is 5.32 Å². The van der Waals surface area contributed by atoms with Crippen LogP contribution in [-0.2, 0) is 16.6 Å². The molecule has 112 valence electrons. The third kappa shape index (κ3) is 3.97. The first-order chi connectivity index (χ1) is 9.92. The summed E-state index contributed by atoms with van der Waals surface area (Å²) in [4.78, 5) is 0.146. The Morgan fingerprint density at radius 3 is 2.33 bits per heavy atom. The van der Waals surface area contributed by atoms with E-state index in [0.717, 1.165) is 11.1 Å². The molecule has 0 aromatic heterocycles. The maximum atomic E-state index is 12.3. The van der Waals surface area contributed by atoms with Gasteiger partial charge in [0.25, 0.3) is 10.0 Å². The molecule has 0 saturated heterocycles. The Morgan fingerprint density at radius 2 is 1.76 bits per heavy atom. The predicted molar refractivity (Wildman–Crippen MR) is 86.2 cm³/mol. The van der Waals surface area contributed by atoms with Gasteiger partial charge in [-0.15, -0.1) is 0 Å². The summed E-state index contributed by atoms with van der Waals surface area (Å²) in [5.41, 5.74) is 2.45. The van der Waals surface area contributed by atoms with Crippen molar-refractivity contribution in [3.63, 3.8) is 0 Å². The van der Waals surface area contributed by atoms with Crippen molar-refractivity contribution in [2.45, 2.75) is 18.4 Å².